The van der Waals surface area contributed by atoms with E-state index in [1.54, 1.807) is 6.92 Å². The largest absolute Gasteiger partial charge is 0.464 e. The maximum Gasteiger partial charge on any atom is 0.328 e. The molecular formula is C20H37NO3. The van der Waals surface area contributed by atoms with E-state index >= 15 is 0 Å². The van der Waals surface area contributed by atoms with Crippen molar-refractivity contribution in [1.29, 1.82) is 0 Å². The summed E-state index contributed by atoms with van der Waals surface area (Å²) in [6.45, 7) is 9.97. The SMILES string of the molecule is C=C(C)C[C@@H](NC(=O)CCCCCCCCCCC)C(=O)OCC. The molecule has 0 radical (unpaired) electrons. The molecule has 4 heteroatoms. The van der Waals surface area contributed by atoms with Crippen LogP contribution in [-0.4, -0.2) is 24.5 Å². The molecule has 0 saturated heterocycles. The molecule has 0 spiro atoms. The molecular weight excluding hydrogens is 302 g/mol. The summed E-state index contributed by atoms with van der Waals surface area (Å²) in [6, 6.07) is -0.603. The predicted octanol–water partition coefficient (Wildman–Crippen LogP) is 4.92. The van der Waals surface area contributed by atoms with Crippen molar-refractivity contribution >= 4 is 11.9 Å². The van der Waals surface area contributed by atoms with E-state index in [1.807, 2.05) is 6.92 Å². The lowest BCUT2D eigenvalue weighted by atomic mass is 10.1. The van der Waals surface area contributed by atoms with Crippen LogP contribution in [0.15, 0.2) is 12.2 Å². The van der Waals surface area contributed by atoms with Gasteiger partial charge in [0.1, 0.15) is 6.04 Å². The Bertz CT molecular complexity index is 366. The van der Waals surface area contributed by atoms with Gasteiger partial charge in [0.15, 0.2) is 0 Å². The van der Waals surface area contributed by atoms with Crippen molar-refractivity contribution in [2.45, 2.75) is 97.4 Å². The highest BCUT2D eigenvalue weighted by atomic mass is 16.5. The van der Waals surface area contributed by atoms with E-state index in [9.17, 15) is 9.59 Å². The van der Waals surface area contributed by atoms with Crippen molar-refractivity contribution in [3.8, 4) is 0 Å². The van der Waals surface area contributed by atoms with Crippen LogP contribution in [0.4, 0.5) is 0 Å². The molecule has 0 aliphatic rings. The monoisotopic (exact) mass is 339 g/mol. The summed E-state index contributed by atoms with van der Waals surface area (Å²) in [5.41, 5.74) is 0.858. The van der Waals surface area contributed by atoms with E-state index in [2.05, 4.69) is 18.8 Å². The average Bonchev–Trinajstić information content (AvgIpc) is 2.52. The Morgan fingerprint density at radius 2 is 1.50 bits per heavy atom. The zero-order valence-corrected chi connectivity index (χ0v) is 16.0. The fraction of sp³-hybridized carbons (Fsp3) is 0.800. The Labute approximate surface area is 148 Å². The molecule has 0 aromatic carbocycles. The van der Waals surface area contributed by atoms with Crippen molar-refractivity contribution < 1.29 is 14.3 Å². The van der Waals surface area contributed by atoms with Gasteiger partial charge in [-0.25, -0.2) is 4.79 Å². The van der Waals surface area contributed by atoms with Crippen LogP contribution in [0.2, 0.25) is 0 Å². The first-order valence-electron chi connectivity index (χ1n) is 9.61. The Kier molecular flexibility index (Phi) is 14.4. The number of unbranched alkanes of at least 4 members (excludes halogenated alkanes) is 8. The second-order valence-corrected chi connectivity index (χ2v) is 6.61. The molecule has 0 aromatic rings. The van der Waals surface area contributed by atoms with Crippen molar-refractivity contribution in [2.24, 2.45) is 0 Å². The maximum absolute atomic E-state index is 12.0. The molecule has 0 aromatic heterocycles. The molecule has 0 aliphatic carbocycles. The van der Waals surface area contributed by atoms with Gasteiger partial charge in [-0.1, -0.05) is 63.9 Å². The van der Waals surface area contributed by atoms with Crippen LogP contribution in [0.5, 0.6) is 0 Å². The van der Waals surface area contributed by atoms with E-state index in [-0.39, 0.29) is 11.9 Å². The standard InChI is InChI=1S/C20H37NO3/c1-5-7-8-9-10-11-12-13-14-15-19(22)21-18(16-17(3)4)20(23)24-6-2/h18H,3,5-16H2,1-2,4H3,(H,21,22)/t18-/m1/s1. The van der Waals surface area contributed by atoms with E-state index in [0.29, 0.717) is 19.4 Å². The summed E-state index contributed by atoms with van der Waals surface area (Å²) < 4.78 is 5.01. The average molecular weight is 340 g/mol. The molecule has 1 N–H and O–H groups in total. The molecule has 0 fully saturated rings. The number of esters is 1. The minimum atomic E-state index is -0.603. The van der Waals surface area contributed by atoms with Crippen molar-refractivity contribution in [2.75, 3.05) is 6.61 Å². The topological polar surface area (TPSA) is 55.4 Å². The normalized spacial score (nSPS) is 11.8. The van der Waals surface area contributed by atoms with Gasteiger partial charge in [-0.2, -0.15) is 0 Å². The second kappa shape index (κ2) is 15.2. The first-order valence-corrected chi connectivity index (χ1v) is 9.61. The van der Waals surface area contributed by atoms with Gasteiger partial charge in [0.25, 0.3) is 0 Å². The summed E-state index contributed by atoms with van der Waals surface area (Å²) in [7, 11) is 0. The molecule has 0 saturated carbocycles. The summed E-state index contributed by atoms with van der Waals surface area (Å²) in [5.74, 6) is -0.446. The van der Waals surface area contributed by atoms with Crippen molar-refractivity contribution in [1.82, 2.24) is 5.32 Å². The lowest BCUT2D eigenvalue weighted by molar-refractivity contribution is -0.147. The van der Waals surface area contributed by atoms with Crippen LogP contribution in [0.25, 0.3) is 0 Å². The minimum absolute atomic E-state index is 0.0720. The van der Waals surface area contributed by atoms with E-state index in [0.717, 1.165) is 18.4 Å². The summed E-state index contributed by atoms with van der Waals surface area (Å²) in [4.78, 5) is 23.9. The smallest absolute Gasteiger partial charge is 0.328 e. The number of hydrogen-bond acceptors (Lipinski definition) is 3. The molecule has 0 unspecified atom stereocenters. The zero-order chi connectivity index (χ0) is 18.2. The third-order valence-electron chi connectivity index (χ3n) is 3.97. The number of amides is 1. The summed E-state index contributed by atoms with van der Waals surface area (Å²) in [6.07, 6.45) is 11.9. The fourth-order valence-corrected chi connectivity index (χ4v) is 2.65. The molecule has 140 valence electrons. The van der Waals surface area contributed by atoms with Crippen LogP contribution < -0.4 is 5.32 Å². The van der Waals surface area contributed by atoms with Crippen LogP contribution >= 0.6 is 0 Å². The van der Waals surface area contributed by atoms with Gasteiger partial charge in [0, 0.05) is 6.42 Å². The maximum atomic E-state index is 12.0. The van der Waals surface area contributed by atoms with Crippen LogP contribution in [0.1, 0.15) is 91.4 Å². The molecule has 24 heavy (non-hydrogen) atoms. The number of rotatable bonds is 15. The molecule has 1 amide bonds. The molecule has 1 atom stereocenters. The third kappa shape index (κ3) is 13.1. The highest BCUT2D eigenvalue weighted by molar-refractivity contribution is 5.84. The highest BCUT2D eigenvalue weighted by Crippen LogP contribution is 2.11. The molecule has 0 rings (SSSR count). The summed E-state index contributed by atoms with van der Waals surface area (Å²) >= 11 is 0. The Balaban J connectivity index is 3.84. The molecule has 0 bridgehead atoms. The van der Waals surface area contributed by atoms with Gasteiger partial charge in [-0.05, 0) is 26.7 Å². The zero-order valence-electron chi connectivity index (χ0n) is 16.0. The lowest BCUT2D eigenvalue weighted by Crippen LogP contribution is -2.41. The van der Waals surface area contributed by atoms with Crippen LogP contribution in [-0.2, 0) is 14.3 Å². The van der Waals surface area contributed by atoms with Gasteiger partial charge in [-0.3, -0.25) is 4.79 Å². The number of nitrogens with one attached hydrogen (secondary N) is 1. The quantitative estimate of drug-likeness (QED) is 0.262. The van der Waals surface area contributed by atoms with E-state index in [4.69, 9.17) is 4.74 Å². The highest BCUT2D eigenvalue weighted by Gasteiger charge is 2.21. The lowest BCUT2D eigenvalue weighted by Gasteiger charge is -2.17. The first-order chi connectivity index (χ1) is 11.5. The van der Waals surface area contributed by atoms with Crippen LogP contribution in [0.3, 0.4) is 0 Å². The Morgan fingerprint density at radius 3 is 2.00 bits per heavy atom. The number of ether oxygens (including phenoxy) is 1. The minimum Gasteiger partial charge on any atom is -0.464 e. The van der Waals surface area contributed by atoms with Crippen molar-refractivity contribution in [3.05, 3.63) is 12.2 Å². The van der Waals surface area contributed by atoms with E-state index in [1.165, 1.54) is 44.9 Å². The van der Waals surface area contributed by atoms with Crippen molar-refractivity contribution in [3.63, 3.8) is 0 Å². The third-order valence-corrected chi connectivity index (χ3v) is 3.97. The molecule has 0 heterocycles. The predicted molar refractivity (Wildman–Crippen MR) is 99.8 cm³/mol. The van der Waals surface area contributed by atoms with Gasteiger partial charge < -0.3 is 10.1 Å². The van der Waals surface area contributed by atoms with Gasteiger partial charge >= 0.3 is 5.97 Å². The van der Waals surface area contributed by atoms with Crippen LogP contribution in [0, 0.1) is 0 Å². The number of hydrogen-bond donors (Lipinski definition) is 1. The Hall–Kier alpha value is -1.32. The fourth-order valence-electron chi connectivity index (χ4n) is 2.65. The molecule has 4 nitrogen and oxygen atoms in total. The van der Waals surface area contributed by atoms with Gasteiger partial charge in [-0.15, -0.1) is 6.58 Å². The van der Waals surface area contributed by atoms with E-state index < -0.39 is 6.04 Å². The number of carbonyl (C=O) groups excluding carboxylic acids is 2. The summed E-state index contributed by atoms with van der Waals surface area (Å²) in [5, 5.41) is 2.78. The van der Waals surface area contributed by atoms with Gasteiger partial charge in [0.05, 0.1) is 6.61 Å². The second-order valence-electron chi connectivity index (χ2n) is 6.61. The molecule has 0 aliphatic heterocycles. The van der Waals surface area contributed by atoms with Gasteiger partial charge in [0.2, 0.25) is 5.91 Å². The number of carbonyl (C=O) groups is 2. The first kappa shape index (κ1) is 22.7. The Morgan fingerprint density at radius 1 is 0.958 bits per heavy atom.